The molecular formula is C17H23IN4O3S. The topological polar surface area (TPSA) is 97.0 Å². The number of rotatable bonds is 6. The Hall–Kier alpha value is -1.85. The van der Waals surface area contributed by atoms with E-state index in [9.17, 15) is 8.42 Å². The molecule has 2 rings (SSSR count). The number of anilines is 1. The van der Waals surface area contributed by atoms with E-state index in [1.54, 1.807) is 31.4 Å². The zero-order valence-electron chi connectivity index (χ0n) is 14.8. The third-order valence-electron chi connectivity index (χ3n) is 3.50. The van der Waals surface area contributed by atoms with Crippen LogP contribution in [-0.4, -0.2) is 39.9 Å². The second kappa shape index (κ2) is 9.74. The molecule has 0 aliphatic carbocycles. The highest BCUT2D eigenvalue weighted by Gasteiger charge is 2.16. The zero-order chi connectivity index (χ0) is 18.4. The summed E-state index contributed by atoms with van der Waals surface area (Å²) < 4.78 is 30.5. The lowest BCUT2D eigenvalue weighted by Gasteiger charge is -2.11. The molecule has 0 atom stereocenters. The van der Waals surface area contributed by atoms with E-state index >= 15 is 0 Å². The Bertz CT molecular complexity index is 853. The molecule has 0 aliphatic heterocycles. The average Bonchev–Trinajstić information content (AvgIpc) is 2.60. The number of aliphatic imine (C=N–C) groups is 1. The normalized spacial score (nSPS) is 11.8. The maximum Gasteiger partial charge on any atom is 0.242 e. The Labute approximate surface area is 171 Å². The quantitative estimate of drug-likeness (QED) is 0.369. The van der Waals surface area contributed by atoms with Crippen LogP contribution >= 0.6 is 24.0 Å². The number of hydrogen-bond acceptors (Lipinski definition) is 4. The first-order chi connectivity index (χ1) is 11.8. The molecule has 2 aromatic rings. The Morgan fingerprint density at radius 1 is 1.15 bits per heavy atom. The van der Waals surface area contributed by atoms with Gasteiger partial charge in [0, 0.05) is 14.1 Å². The fraction of sp³-hybridized carbons (Fsp3) is 0.235. The van der Waals surface area contributed by atoms with Crippen molar-refractivity contribution in [2.75, 3.05) is 26.5 Å². The van der Waals surface area contributed by atoms with Gasteiger partial charge in [-0.25, -0.2) is 17.7 Å². The van der Waals surface area contributed by atoms with Gasteiger partial charge in [-0.2, -0.15) is 0 Å². The third-order valence-corrected chi connectivity index (χ3v) is 5.33. The van der Waals surface area contributed by atoms with Crippen molar-refractivity contribution in [3.63, 3.8) is 0 Å². The van der Waals surface area contributed by atoms with E-state index in [0.29, 0.717) is 12.3 Å². The van der Waals surface area contributed by atoms with Crippen molar-refractivity contribution in [1.82, 2.24) is 4.31 Å². The Morgan fingerprint density at radius 3 is 2.35 bits per heavy atom. The largest absolute Gasteiger partial charge is 0.495 e. The molecule has 26 heavy (non-hydrogen) atoms. The first-order valence-electron chi connectivity index (χ1n) is 7.56. The van der Waals surface area contributed by atoms with Gasteiger partial charge in [-0.3, -0.25) is 0 Å². The molecule has 0 unspecified atom stereocenters. The smallest absolute Gasteiger partial charge is 0.242 e. The molecule has 3 N–H and O–H groups in total. The van der Waals surface area contributed by atoms with Gasteiger partial charge in [-0.05, 0) is 29.8 Å². The van der Waals surface area contributed by atoms with Crippen LogP contribution in [0.1, 0.15) is 5.56 Å². The molecule has 0 saturated heterocycles. The summed E-state index contributed by atoms with van der Waals surface area (Å²) in [6.45, 7) is 0.330. The monoisotopic (exact) mass is 490 g/mol. The van der Waals surface area contributed by atoms with Crippen LogP contribution in [0.25, 0.3) is 0 Å². The number of guanidine groups is 1. The van der Waals surface area contributed by atoms with Crippen molar-refractivity contribution in [2.24, 2.45) is 10.7 Å². The minimum Gasteiger partial charge on any atom is -0.495 e. The molecule has 0 heterocycles. The third kappa shape index (κ3) is 5.58. The van der Waals surface area contributed by atoms with Crippen LogP contribution in [0.15, 0.2) is 58.4 Å². The standard InChI is InChI=1S/C17H22N4O3S.HI/c1-21(2)25(22,23)14-10-8-13(9-11-14)12-19-17(18)20-15-6-4-5-7-16(15)24-3;/h4-11H,12H2,1-3H3,(H3,18,19,20);1H. The summed E-state index contributed by atoms with van der Waals surface area (Å²) in [5.74, 6) is 0.911. The highest BCUT2D eigenvalue weighted by molar-refractivity contribution is 14.0. The molecule has 0 amide bonds. The number of nitrogens with one attached hydrogen (secondary N) is 1. The summed E-state index contributed by atoms with van der Waals surface area (Å²) in [6.07, 6.45) is 0. The van der Waals surface area contributed by atoms with Gasteiger partial charge in [0.15, 0.2) is 5.96 Å². The molecule has 0 aliphatic rings. The molecule has 0 radical (unpaired) electrons. The number of para-hydroxylation sites is 2. The van der Waals surface area contributed by atoms with Gasteiger partial charge in [0.2, 0.25) is 10.0 Å². The highest BCUT2D eigenvalue weighted by Crippen LogP contribution is 2.22. The molecule has 0 saturated carbocycles. The number of benzene rings is 2. The second-order valence-electron chi connectivity index (χ2n) is 5.46. The van der Waals surface area contributed by atoms with Gasteiger partial charge >= 0.3 is 0 Å². The van der Waals surface area contributed by atoms with Crippen LogP contribution in [0.3, 0.4) is 0 Å². The number of halogens is 1. The van der Waals surface area contributed by atoms with E-state index in [0.717, 1.165) is 11.3 Å². The first-order valence-corrected chi connectivity index (χ1v) is 9.00. The number of hydrogen-bond donors (Lipinski definition) is 2. The average molecular weight is 490 g/mol. The second-order valence-corrected chi connectivity index (χ2v) is 7.61. The fourth-order valence-corrected chi connectivity index (χ4v) is 2.98. The number of nitrogens with zero attached hydrogens (tertiary/aromatic N) is 2. The number of ether oxygens (including phenoxy) is 1. The van der Waals surface area contributed by atoms with Crippen molar-refractivity contribution >= 4 is 45.6 Å². The molecular weight excluding hydrogens is 467 g/mol. The van der Waals surface area contributed by atoms with E-state index in [1.807, 2.05) is 24.3 Å². The molecule has 142 valence electrons. The lowest BCUT2D eigenvalue weighted by Crippen LogP contribution is -2.23. The van der Waals surface area contributed by atoms with Gasteiger partial charge in [0.05, 0.1) is 24.2 Å². The summed E-state index contributed by atoms with van der Waals surface area (Å²) in [6, 6.07) is 13.9. The SMILES string of the molecule is COc1ccccc1NC(N)=NCc1ccc(S(=O)(=O)N(C)C)cc1.I. The summed E-state index contributed by atoms with van der Waals surface area (Å²) in [4.78, 5) is 4.50. The van der Waals surface area contributed by atoms with Crippen LogP contribution in [-0.2, 0) is 16.6 Å². The van der Waals surface area contributed by atoms with Gasteiger partial charge in [0.1, 0.15) is 5.75 Å². The van der Waals surface area contributed by atoms with Gasteiger partial charge in [0.25, 0.3) is 0 Å². The van der Waals surface area contributed by atoms with Crippen molar-refractivity contribution in [3.05, 3.63) is 54.1 Å². The predicted molar refractivity (Wildman–Crippen MR) is 115 cm³/mol. The lowest BCUT2D eigenvalue weighted by atomic mass is 10.2. The molecule has 0 aromatic heterocycles. The predicted octanol–water partition coefficient (Wildman–Crippen LogP) is 2.49. The van der Waals surface area contributed by atoms with Crippen molar-refractivity contribution < 1.29 is 13.2 Å². The maximum absolute atomic E-state index is 12.0. The van der Waals surface area contributed by atoms with Gasteiger partial charge in [-0.15, -0.1) is 24.0 Å². The maximum atomic E-state index is 12.0. The van der Waals surface area contributed by atoms with Crippen LogP contribution in [0, 0.1) is 0 Å². The molecule has 2 aromatic carbocycles. The highest BCUT2D eigenvalue weighted by atomic mass is 127. The molecule has 7 nitrogen and oxygen atoms in total. The summed E-state index contributed by atoms with van der Waals surface area (Å²) in [5, 5.41) is 2.98. The first kappa shape index (κ1) is 22.2. The Kier molecular flexibility index (Phi) is 8.31. The van der Waals surface area contributed by atoms with Crippen LogP contribution in [0.5, 0.6) is 5.75 Å². The van der Waals surface area contributed by atoms with Crippen molar-refractivity contribution in [2.45, 2.75) is 11.4 Å². The van der Waals surface area contributed by atoms with Crippen LogP contribution < -0.4 is 15.8 Å². The molecule has 0 spiro atoms. The number of nitrogens with two attached hydrogens (primary N) is 1. The molecule has 9 heteroatoms. The van der Waals surface area contributed by atoms with E-state index in [1.165, 1.54) is 18.4 Å². The van der Waals surface area contributed by atoms with E-state index < -0.39 is 10.0 Å². The van der Waals surface area contributed by atoms with Gasteiger partial charge in [-0.1, -0.05) is 24.3 Å². The zero-order valence-corrected chi connectivity index (χ0v) is 18.0. The van der Waals surface area contributed by atoms with E-state index in [4.69, 9.17) is 10.5 Å². The van der Waals surface area contributed by atoms with Crippen LogP contribution in [0.2, 0.25) is 0 Å². The van der Waals surface area contributed by atoms with Crippen molar-refractivity contribution in [3.8, 4) is 5.75 Å². The Morgan fingerprint density at radius 2 is 1.77 bits per heavy atom. The molecule has 0 fully saturated rings. The Balaban J connectivity index is 0.00000338. The minimum atomic E-state index is -3.43. The van der Waals surface area contributed by atoms with Crippen LogP contribution in [0.4, 0.5) is 5.69 Å². The lowest BCUT2D eigenvalue weighted by molar-refractivity contribution is 0.417. The minimum absolute atomic E-state index is 0. The van der Waals surface area contributed by atoms with Crippen molar-refractivity contribution in [1.29, 1.82) is 0 Å². The van der Waals surface area contributed by atoms with E-state index in [2.05, 4.69) is 10.3 Å². The summed E-state index contributed by atoms with van der Waals surface area (Å²) in [5.41, 5.74) is 7.47. The molecule has 0 bridgehead atoms. The summed E-state index contributed by atoms with van der Waals surface area (Å²) in [7, 11) is 1.15. The number of methoxy groups -OCH3 is 1. The van der Waals surface area contributed by atoms with Gasteiger partial charge < -0.3 is 15.8 Å². The van der Waals surface area contributed by atoms with E-state index in [-0.39, 0.29) is 34.8 Å². The summed E-state index contributed by atoms with van der Waals surface area (Å²) >= 11 is 0. The number of sulfonamides is 1. The fourth-order valence-electron chi connectivity index (χ4n) is 2.08.